The van der Waals surface area contributed by atoms with Gasteiger partial charge >= 0.3 is 0 Å². The van der Waals surface area contributed by atoms with Crippen LogP contribution in [0.1, 0.15) is 44.9 Å². The topological polar surface area (TPSA) is 117 Å². The molecular weight excluding hydrogens is 498 g/mol. The van der Waals surface area contributed by atoms with Crippen LogP contribution < -0.4 is 10.2 Å². The molecule has 2 saturated carbocycles. The van der Waals surface area contributed by atoms with Crippen LogP contribution in [0.2, 0.25) is 0 Å². The van der Waals surface area contributed by atoms with Crippen LogP contribution in [0.5, 0.6) is 0 Å². The van der Waals surface area contributed by atoms with E-state index in [1.165, 1.54) is 12.1 Å². The third-order valence-corrected chi connectivity index (χ3v) is 8.66. The van der Waals surface area contributed by atoms with Crippen molar-refractivity contribution in [2.24, 2.45) is 5.92 Å². The van der Waals surface area contributed by atoms with Crippen LogP contribution >= 0.6 is 0 Å². The van der Waals surface area contributed by atoms with Crippen molar-refractivity contribution >= 4 is 22.4 Å². The van der Waals surface area contributed by atoms with Crippen LogP contribution in [-0.2, 0) is 15.6 Å². The van der Waals surface area contributed by atoms with Gasteiger partial charge in [-0.25, -0.2) is 14.6 Å². The molecular formula is C28H33N7O2S. The van der Waals surface area contributed by atoms with Gasteiger partial charge in [0.15, 0.2) is 0 Å². The lowest BCUT2D eigenvalue weighted by Crippen LogP contribution is -2.40. The predicted molar refractivity (Wildman–Crippen MR) is 147 cm³/mol. The molecule has 0 atom stereocenters. The number of hydrogen-bond acceptors (Lipinski definition) is 7. The second-order valence-corrected chi connectivity index (χ2v) is 11.8. The summed E-state index contributed by atoms with van der Waals surface area (Å²) in [6.45, 7) is 1.71. The van der Waals surface area contributed by atoms with Crippen LogP contribution in [0, 0.1) is 17.2 Å². The minimum absolute atomic E-state index is 0.115. The number of nitrogens with one attached hydrogen (secondary N) is 1. The fourth-order valence-corrected chi connectivity index (χ4v) is 5.90. The number of hydrogen-bond donors (Lipinski definition) is 1. The maximum atomic E-state index is 11.8. The second-order valence-electron chi connectivity index (χ2n) is 10.1. The molecule has 2 aliphatic carbocycles. The molecule has 9 nitrogen and oxygen atoms in total. The fourth-order valence-electron chi connectivity index (χ4n) is 4.84. The zero-order valence-corrected chi connectivity index (χ0v) is 22.3. The van der Waals surface area contributed by atoms with Crippen LogP contribution in [0.15, 0.2) is 55.1 Å². The number of nitrogens with zero attached hydrogens (tertiary/aromatic N) is 6. The molecule has 2 aromatic heterocycles. The first-order valence-electron chi connectivity index (χ1n) is 13.3. The molecule has 3 fully saturated rings. The first kappa shape index (κ1) is 26.0. The molecule has 1 N–H and O–H groups in total. The minimum Gasteiger partial charge on any atom is -0.370 e. The Kier molecular flexibility index (Phi) is 8.13. The van der Waals surface area contributed by atoms with Crippen LogP contribution in [-0.4, -0.2) is 60.0 Å². The average Bonchev–Trinajstić information content (AvgIpc) is 3.57. The molecule has 1 saturated heterocycles. The number of carbonyl (C=O) groups is 1. The summed E-state index contributed by atoms with van der Waals surface area (Å²) in [5.74, 6) is 2.36. The molecule has 1 amide bonds. The molecule has 38 heavy (non-hydrogen) atoms. The monoisotopic (exact) mass is 531 g/mol. The van der Waals surface area contributed by atoms with E-state index in [-0.39, 0.29) is 11.8 Å². The molecule has 6 rings (SSSR count). The van der Waals surface area contributed by atoms with Crippen molar-refractivity contribution in [2.45, 2.75) is 50.5 Å². The lowest BCUT2D eigenvalue weighted by molar-refractivity contribution is -0.126. The molecule has 3 aliphatic rings. The summed E-state index contributed by atoms with van der Waals surface area (Å²) in [7, 11) is -0.649. The van der Waals surface area contributed by atoms with Gasteiger partial charge in [-0.2, -0.15) is 10.4 Å². The number of carbonyl (C=O) groups excluding carboxylic acids is 1. The Bertz CT molecular complexity index is 1280. The molecule has 0 unspecified atom stereocenters. The van der Waals surface area contributed by atoms with E-state index in [1.54, 1.807) is 23.1 Å². The highest BCUT2D eigenvalue weighted by Gasteiger charge is 2.45. The maximum absolute atomic E-state index is 11.8. The summed E-state index contributed by atoms with van der Waals surface area (Å²) in [5, 5.41) is 16.1. The molecule has 0 spiro atoms. The van der Waals surface area contributed by atoms with Gasteiger partial charge in [0.25, 0.3) is 0 Å². The highest BCUT2D eigenvalue weighted by Crippen LogP contribution is 2.35. The predicted octanol–water partition coefficient (Wildman–Crippen LogP) is 3.64. The van der Waals surface area contributed by atoms with E-state index in [4.69, 9.17) is 5.26 Å². The summed E-state index contributed by atoms with van der Waals surface area (Å²) in [6, 6.07) is 12.4. The Balaban J connectivity index is 0.000000179. The largest absolute Gasteiger partial charge is 0.370 e. The zero-order valence-electron chi connectivity index (χ0n) is 21.5. The second kappa shape index (κ2) is 11.9. The first-order valence-corrected chi connectivity index (χ1v) is 14.8. The third-order valence-electron chi connectivity index (χ3n) is 7.39. The molecule has 3 aromatic rings. The van der Waals surface area contributed by atoms with Gasteiger partial charge in [0.1, 0.15) is 5.54 Å². The third kappa shape index (κ3) is 6.45. The smallest absolute Gasteiger partial charge is 0.250 e. The standard InChI is InChI=1S/C17H17N5OS.C11H16N2O/c23-24-10-8-21(9-11-24)16-4-2-14(3-5-16)15-12-20-22(13-15)17-18-6-1-7-19-17;12-8-11(6-7-11)13-10(14)9-4-2-1-3-5-9/h1-7,12-13H,8-11H2;9H,1-7H2,(H,13,14). The lowest BCUT2D eigenvalue weighted by atomic mass is 9.88. The summed E-state index contributed by atoms with van der Waals surface area (Å²) in [6.07, 6.45) is 14.4. The summed E-state index contributed by atoms with van der Waals surface area (Å²) in [5.41, 5.74) is 2.82. The van der Waals surface area contributed by atoms with E-state index < -0.39 is 16.3 Å². The van der Waals surface area contributed by atoms with E-state index in [9.17, 15) is 9.00 Å². The van der Waals surface area contributed by atoms with Gasteiger partial charge < -0.3 is 10.2 Å². The number of aromatic nitrogens is 4. The first-order chi connectivity index (χ1) is 18.5. The SMILES string of the molecule is N#CC1(NC(=O)C2CCCCC2)CC1.O=S1CCN(c2ccc(-c3cnn(-c4ncccn4)c3)cc2)CC1. The maximum Gasteiger partial charge on any atom is 0.250 e. The summed E-state index contributed by atoms with van der Waals surface area (Å²) < 4.78 is 13.1. The lowest BCUT2D eigenvalue weighted by Gasteiger charge is -2.28. The number of anilines is 1. The van der Waals surface area contributed by atoms with Crippen LogP contribution in [0.25, 0.3) is 17.1 Å². The molecule has 0 radical (unpaired) electrons. The molecule has 1 aliphatic heterocycles. The number of benzene rings is 1. The Morgan fingerprint density at radius 1 is 1.03 bits per heavy atom. The van der Waals surface area contributed by atoms with Crippen molar-refractivity contribution in [3.05, 3.63) is 55.1 Å². The summed E-state index contributed by atoms with van der Waals surface area (Å²) in [4.78, 5) is 22.4. The number of amides is 1. The normalized spacial score (nSPS) is 19.1. The Morgan fingerprint density at radius 3 is 2.34 bits per heavy atom. The quantitative estimate of drug-likeness (QED) is 0.534. The van der Waals surface area contributed by atoms with Gasteiger partial charge in [-0.3, -0.25) is 9.00 Å². The van der Waals surface area contributed by atoms with Crippen LogP contribution in [0.3, 0.4) is 0 Å². The molecule has 1 aromatic carbocycles. The van der Waals surface area contributed by atoms with Crippen LogP contribution in [0.4, 0.5) is 5.69 Å². The zero-order chi connectivity index (χ0) is 26.4. The van der Waals surface area contributed by atoms with E-state index in [0.717, 1.165) is 74.2 Å². The Labute approximate surface area is 225 Å². The number of rotatable bonds is 5. The van der Waals surface area contributed by atoms with Crippen molar-refractivity contribution in [2.75, 3.05) is 29.5 Å². The van der Waals surface area contributed by atoms with Crippen molar-refractivity contribution in [3.8, 4) is 23.1 Å². The highest BCUT2D eigenvalue weighted by atomic mass is 32.2. The minimum atomic E-state index is -0.649. The molecule has 0 bridgehead atoms. The van der Waals surface area contributed by atoms with Gasteiger partial charge in [0, 0.05) is 71.2 Å². The van der Waals surface area contributed by atoms with Gasteiger partial charge in [0.2, 0.25) is 11.9 Å². The average molecular weight is 532 g/mol. The van der Waals surface area contributed by atoms with Gasteiger partial charge in [-0.1, -0.05) is 31.4 Å². The summed E-state index contributed by atoms with van der Waals surface area (Å²) >= 11 is 0. The van der Waals surface area contributed by atoms with E-state index in [2.05, 4.69) is 55.6 Å². The molecule has 10 heteroatoms. The molecule has 3 heterocycles. The Hall–Kier alpha value is -3.58. The van der Waals surface area contributed by atoms with Crippen molar-refractivity contribution in [1.29, 1.82) is 5.26 Å². The van der Waals surface area contributed by atoms with Gasteiger partial charge in [-0.15, -0.1) is 0 Å². The van der Waals surface area contributed by atoms with Crippen molar-refractivity contribution < 1.29 is 9.00 Å². The van der Waals surface area contributed by atoms with Crippen molar-refractivity contribution in [1.82, 2.24) is 25.1 Å². The van der Waals surface area contributed by atoms with E-state index in [1.807, 2.05) is 12.4 Å². The number of nitriles is 1. The highest BCUT2D eigenvalue weighted by molar-refractivity contribution is 7.85. The van der Waals surface area contributed by atoms with E-state index >= 15 is 0 Å². The van der Waals surface area contributed by atoms with Gasteiger partial charge in [-0.05, 0) is 49.4 Å². The molecule has 198 valence electrons. The van der Waals surface area contributed by atoms with Gasteiger partial charge in [0.05, 0.1) is 12.3 Å². The van der Waals surface area contributed by atoms with Crippen molar-refractivity contribution in [3.63, 3.8) is 0 Å². The van der Waals surface area contributed by atoms with E-state index in [0.29, 0.717) is 5.95 Å². The fraction of sp³-hybridized carbons (Fsp3) is 0.464. The Morgan fingerprint density at radius 2 is 1.71 bits per heavy atom.